The lowest BCUT2D eigenvalue weighted by Crippen LogP contribution is -2.13. The molecule has 0 saturated heterocycles. The Morgan fingerprint density at radius 2 is 1.95 bits per heavy atom. The van der Waals surface area contributed by atoms with Crippen molar-refractivity contribution in [3.05, 3.63) is 26.5 Å². The minimum absolute atomic E-state index is 0.0468. The first-order chi connectivity index (χ1) is 9.09. The topological polar surface area (TPSA) is 74.8 Å². The van der Waals surface area contributed by atoms with Crippen LogP contribution in [0.4, 0.5) is 5.82 Å². The highest BCUT2D eigenvalue weighted by molar-refractivity contribution is 7.93. The highest BCUT2D eigenvalue weighted by Crippen LogP contribution is 2.35. The number of thiophene rings is 1. The van der Waals surface area contributed by atoms with Gasteiger partial charge in [-0.25, -0.2) is 8.42 Å². The number of rotatable bonds is 3. The van der Waals surface area contributed by atoms with E-state index < -0.39 is 10.0 Å². The van der Waals surface area contributed by atoms with Gasteiger partial charge in [0, 0.05) is 17.2 Å². The van der Waals surface area contributed by atoms with Crippen molar-refractivity contribution >= 4 is 50.4 Å². The van der Waals surface area contributed by atoms with Crippen LogP contribution >= 0.6 is 34.5 Å². The van der Waals surface area contributed by atoms with E-state index in [4.69, 9.17) is 23.2 Å². The summed E-state index contributed by atoms with van der Waals surface area (Å²) in [7, 11) is -3.79. The average Bonchev–Trinajstić information content (AvgIpc) is 2.84. The van der Waals surface area contributed by atoms with Gasteiger partial charge in [-0.2, -0.15) is 5.10 Å². The number of aromatic nitrogens is 2. The Morgan fingerprint density at radius 1 is 1.30 bits per heavy atom. The highest BCUT2D eigenvalue weighted by Gasteiger charge is 2.23. The Bertz CT molecular complexity index is 729. The van der Waals surface area contributed by atoms with Gasteiger partial charge in [0.05, 0.1) is 4.34 Å². The molecule has 0 aromatic carbocycles. The van der Waals surface area contributed by atoms with E-state index in [1.807, 2.05) is 20.8 Å². The van der Waals surface area contributed by atoms with Gasteiger partial charge in [0.25, 0.3) is 10.0 Å². The van der Waals surface area contributed by atoms with Gasteiger partial charge in [0.1, 0.15) is 9.23 Å². The van der Waals surface area contributed by atoms with Crippen LogP contribution in [-0.2, 0) is 15.4 Å². The number of hydrogen-bond donors (Lipinski definition) is 2. The number of aromatic amines is 1. The zero-order valence-corrected chi connectivity index (χ0v) is 14.1. The molecule has 0 saturated carbocycles. The largest absolute Gasteiger partial charge is 0.280 e. The smallest absolute Gasteiger partial charge is 0.265 e. The maximum atomic E-state index is 12.2. The number of sulfonamides is 1. The maximum Gasteiger partial charge on any atom is 0.265 e. The highest BCUT2D eigenvalue weighted by atomic mass is 35.5. The number of nitrogens with zero attached hydrogens (tertiary/aromatic N) is 1. The fourth-order valence-electron chi connectivity index (χ4n) is 1.46. The second-order valence-electron chi connectivity index (χ2n) is 5.21. The van der Waals surface area contributed by atoms with Crippen LogP contribution in [0.3, 0.4) is 0 Å². The minimum atomic E-state index is -3.79. The van der Waals surface area contributed by atoms with Gasteiger partial charge in [-0.3, -0.25) is 9.82 Å². The number of anilines is 1. The van der Waals surface area contributed by atoms with Crippen LogP contribution in [0.1, 0.15) is 26.5 Å². The molecule has 0 aliphatic carbocycles. The van der Waals surface area contributed by atoms with Crippen molar-refractivity contribution in [3.8, 4) is 0 Å². The van der Waals surface area contributed by atoms with Crippen LogP contribution in [0.2, 0.25) is 8.67 Å². The van der Waals surface area contributed by atoms with Crippen LogP contribution in [0.5, 0.6) is 0 Å². The lowest BCUT2D eigenvalue weighted by atomic mass is 9.92. The van der Waals surface area contributed by atoms with Crippen LogP contribution in [-0.4, -0.2) is 18.6 Å². The number of hydrogen-bond acceptors (Lipinski definition) is 4. The van der Waals surface area contributed by atoms with Crippen molar-refractivity contribution < 1.29 is 8.42 Å². The van der Waals surface area contributed by atoms with Crippen molar-refractivity contribution in [1.82, 2.24) is 10.2 Å². The van der Waals surface area contributed by atoms with E-state index in [1.165, 1.54) is 6.07 Å². The van der Waals surface area contributed by atoms with E-state index in [9.17, 15) is 8.42 Å². The van der Waals surface area contributed by atoms with Gasteiger partial charge in [-0.1, -0.05) is 44.0 Å². The third-order valence-electron chi connectivity index (χ3n) is 2.54. The standard InChI is InChI=1S/C11H13Cl2N3O2S2/c1-11(2,3)7-5-9(15-14-7)16-20(17,18)6-4-8(12)19-10(6)13/h4-5H,1-3H3,(H2,14,15,16). The molecule has 5 nitrogen and oxygen atoms in total. The zero-order valence-electron chi connectivity index (χ0n) is 11.0. The summed E-state index contributed by atoms with van der Waals surface area (Å²) in [6.45, 7) is 5.98. The summed E-state index contributed by atoms with van der Waals surface area (Å²) >= 11 is 12.6. The first-order valence-corrected chi connectivity index (χ1v) is 8.69. The number of H-pyrrole nitrogens is 1. The second kappa shape index (κ2) is 5.22. The van der Waals surface area contributed by atoms with E-state index in [2.05, 4.69) is 14.9 Å². The first kappa shape index (κ1) is 15.6. The van der Waals surface area contributed by atoms with Crippen LogP contribution in [0, 0.1) is 0 Å². The second-order valence-corrected chi connectivity index (χ2v) is 9.15. The third kappa shape index (κ3) is 3.28. The third-order valence-corrected chi connectivity index (χ3v) is 5.65. The van der Waals surface area contributed by atoms with Gasteiger partial charge >= 0.3 is 0 Å². The van der Waals surface area contributed by atoms with Gasteiger partial charge in [0.2, 0.25) is 0 Å². The molecule has 0 amide bonds. The molecule has 2 heterocycles. The SMILES string of the molecule is CC(C)(C)c1cc(NS(=O)(=O)c2cc(Cl)sc2Cl)n[nH]1. The van der Waals surface area contributed by atoms with Crippen LogP contribution < -0.4 is 4.72 Å². The molecule has 2 N–H and O–H groups in total. The van der Waals surface area contributed by atoms with Crippen molar-refractivity contribution in [1.29, 1.82) is 0 Å². The minimum Gasteiger partial charge on any atom is -0.280 e. The maximum absolute atomic E-state index is 12.2. The van der Waals surface area contributed by atoms with Gasteiger partial charge in [-0.15, -0.1) is 11.3 Å². The van der Waals surface area contributed by atoms with E-state index in [1.54, 1.807) is 6.07 Å². The molecule has 110 valence electrons. The summed E-state index contributed by atoms with van der Waals surface area (Å²) < 4.78 is 27.2. The molecule has 0 unspecified atom stereocenters. The number of halogens is 2. The molecule has 0 aliphatic rings. The Labute approximate surface area is 131 Å². The summed E-state index contributed by atoms with van der Waals surface area (Å²) in [4.78, 5) is -0.0468. The Hall–Kier alpha value is -0.760. The van der Waals surface area contributed by atoms with Crippen molar-refractivity contribution in [2.24, 2.45) is 0 Å². The Kier molecular flexibility index (Phi) is 4.07. The van der Waals surface area contributed by atoms with E-state index in [-0.39, 0.29) is 20.5 Å². The van der Waals surface area contributed by atoms with Gasteiger partial charge < -0.3 is 0 Å². The summed E-state index contributed by atoms with van der Waals surface area (Å²) in [5.41, 5.74) is 0.671. The average molecular weight is 354 g/mol. The Balaban J connectivity index is 2.29. The van der Waals surface area contributed by atoms with E-state index >= 15 is 0 Å². The molecule has 0 radical (unpaired) electrons. The summed E-state index contributed by atoms with van der Waals surface area (Å²) in [5.74, 6) is 0.216. The quantitative estimate of drug-likeness (QED) is 0.878. The van der Waals surface area contributed by atoms with Crippen molar-refractivity contribution in [3.63, 3.8) is 0 Å². The molecule has 20 heavy (non-hydrogen) atoms. The predicted octanol–water partition coefficient (Wildman–Crippen LogP) is 3.88. The molecule has 0 bridgehead atoms. The van der Waals surface area contributed by atoms with Crippen LogP contribution in [0.25, 0.3) is 0 Å². The molecule has 0 fully saturated rings. The Morgan fingerprint density at radius 3 is 2.40 bits per heavy atom. The summed E-state index contributed by atoms with van der Waals surface area (Å²) in [6.07, 6.45) is 0. The van der Waals surface area contributed by atoms with Crippen LogP contribution in [0.15, 0.2) is 17.0 Å². The monoisotopic (exact) mass is 353 g/mol. The lowest BCUT2D eigenvalue weighted by molar-refractivity contribution is 0.567. The molecule has 9 heteroatoms. The molecule has 0 aliphatic heterocycles. The molecule has 0 spiro atoms. The van der Waals surface area contributed by atoms with Crippen molar-refractivity contribution in [2.45, 2.75) is 31.1 Å². The van der Waals surface area contributed by atoms with E-state index in [0.717, 1.165) is 17.0 Å². The first-order valence-electron chi connectivity index (χ1n) is 5.63. The predicted molar refractivity (Wildman–Crippen MR) is 82.4 cm³/mol. The van der Waals surface area contributed by atoms with E-state index in [0.29, 0.717) is 4.34 Å². The van der Waals surface area contributed by atoms with Gasteiger partial charge in [-0.05, 0) is 6.07 Å². The summed E-state index contributed by atoms with van der Waals surface area (Å²) in [5, 5.41) is 6.75. The van der Waals surface area contributed by atoms with Crippen molar-refractivity contribution in [2.75, 3.05) is 4.72 Å². The molecule has 2 aromatic rings. The molecule has 2 rings (SSSR count). The molecule has 0 atom stereocenters. The number of nitrogens with one attached hydrogen (secondary N) is 2. The summed E-state index contributed by atoms with van der Waals surface area (Å²) in [6, 6.07) is 2.97. The van der Waals surface area contributed by atoms with Gasteiger partial charge in [0.15, 0.2) is 5.82 Å². The normalized spacial score (nSPS) is 12.7. The zero-order chi connectivity index (χ0) is 15.1. The fourth-order valence-corrected chi connectivity index (χ4v) is 4.60. The molecular weight excluding hydrogens is 341 g/mol. The molecule has 2 aromatic heterocycles. The molecular formula is C11H13Cl2N3O2S2. The lowest BCUT2D eigenvalue weighted by Gasteiger charge is -2.14. The fraction of sp³-hybridized carbons (Fsp3) is 0.364.